The van der Waals surface area contributed by atoms with Gasteiger partial charge in [-0.3, -0.25) is 4.98 Å². The predicted molar refractivity (Wildman–Crippen MR) is 141 cm³/mol. The maximum Gasteiger partial charge on any atom is 0.417 e. The van der Waals surface area contributed by atoms with Gasteiger partial charge in [0.05, 0.1) is 11.3 Å². The number of nitrogens with zero attached hydrogens (tertiary/aromatic N) is 1. The molecule has 1 aromatic heterocycles. The van der Waals surface area contributed by atoms with Gasteiger partial charge < -0.3 is 0 Å². The third-order valence-electron chi connectivity index (χ3n) is 6.70. The topological polar surface area (TPSA) is 12.9 Å². The molecule has 2 aliphatic rings. The number of aryl methyl sites for hydroxylation is 2. The first-order valence-electron chi connectivity index (χ1n) is 12.6. The third kappa shape index (κ3) is 8.52. The molecule has 2 atom stereocenters. The van der Waals surface area contributed by atoms with E-state index in [0.717, 1.165) is 36.2 Å². The Bertz CT molecular complexity index is 1010. The second-order valence-electron chi connectivity index (χ2n) is 9.74. The highest BCUT2D eigenvalue weighted by Crippen LogP contribution is 2.45. The molecular weight excluding hydrogens is 443 g/mol. The van der Waals surface area contributed by atoms with Crippen LogP contribution in [0.1, 0.15) is 80.8 Å². The minimum absolute atomic E-state index is 0.178. The van der Waals surface area contributed by atoms with Crippen molar-refractivity contribution in [2.45, 2.75) is 79.3 Å². The Kier molecular flexibility index (Phi) is 11.0. The van der Waals surface area contributed by atoms with E-state index in [1.54, 1.807) is 0 Å². The summed E-state index contributed by atoms with van der Waals surface area (Å²) in [5.41, 5.74) is 4.95. The van der Waals surface area contributed by atoms with Gasteiger partial charge in [0.1, 0.15) is 0 Å². The van der Waals surface area contributed by atoms with E-state index in [2.05, 4.69) is 82.1 Å². The monoisotopic (exact) mass is 483 g/mol. The van der Waals surface area contributed by atoms with E-state index < -0.39 is 11.7 Å². The fourth-order valence-electron chi connectivity index (χ4n) is 3.90. The second-order valence-corrected chi connectivity index (χ2v) is 9.74. The first-order valence-corrected chi connectivity index (χ1v) is 12.6. The predicted octanol–water partition coefficient (Wildman–Crippen LogP) is 9.56. The molecule has 4 heteroatoms. The van der Waals surface area contributed by atoms with Crippen LogP contribution in [0.2, 0.25) is 0 Å². The number of allylic oxidation sites excluding steroid dienone is 6. The van der Waals surface area contributed by atoms with Crippen LogP contribution < -0.4 is 0 Å². The summed E-state index contributed by atoms with van der Waals surface area (Å²) >= 11 is 0. The smallest absolute Gasteiger partial charge is 0.260 e. The van der Waals surface area contributed by atoms with Crippen LogP contribution in [0, 0.1) is 25.7 Å². The lowest BCUT2D eigenvalue weighted by Crippen LogP contribution is -2.26. The molecule has 0 amide bonds. The van der Waals surface area contributed by atoms with Crippen molar-refractivity contribution >= 4 is 0 Å². The Balaban J connectivity index is 0.000000273. The molecule has 2 unspecified atom stereocenters. The van der Waals surface area contributed by atoms with E-state index in [4.69, 9.17) is 0 Å². The molecule has 0 aliphatic heterocycles. The Morgan fingerprint density at radius 2 is 1.74 bits per heavy atom. The normalized spacial score (nSPS) is 18.6. The zero-order chi connectivity index (χ0) is 26.0. The maximum atomic E-state index is 12.7. The van der Waals surface area contributed by atoms with Crippen LogP contribution in [0.3, 0.4) is 0 Å². The fourth-order valence-corrected chi connectivity index (χ4v) is 3.90. The van der Waals surface area contributed by atoms with Gasteiger partial charge in [-0.25, -0.2) is 0 Å². The van der Waals surface area contributed by atoms with E-state index in [9.17, 15) is 13.2 Å². The molecule has 0 N–H and O–H groups in total. The summed E-state index contributed by atoms with van der Waals surface area (Å²) in [6.45, 7) is 12.9. The molecule has 4 rings (SSSR count). The number of benzene rings is 1. The van der Waals surface area contributed by atoms with Gasteiger partial charge in [0.25, 0.3) is 0 Å². The summed E-state index contributed by atoms with van der Waals surface area (Å²) in [7, 11) is 0. The highest BCUT2D eigenvalue weighted by Gasteiger charge is 2.38. The van der Waals surface area contributed by atoms with E-state index in [-0.39, 0.29) is 5.92 Å². The van der Waals surface area contributed by atoms with E-state index in [0.29, 0.717) is 12.3 Å². The molecule has 0 fully saturated rings. The third-order valence-corrected chi connectivity index (χ3v) is 6.70. The lowest BCUT2D eigenvalue weighted by molar-refractivity contribution is -0.137. The first-order chi connectivity index (χ1) is 16.6. The largest absolute Gasteiger partial charge is 0.417 e. The van der Waals surface area contributed by atoms with Crippen LogP contribution in [0.25, 0.3) is 0 Å². The molecule has 1 heterocycles. The molecular formula is C31H40F3N. The molecule has 0 radical (unpaired) electrons. The van der Waals surface area contributed by atoms with Gasteiger partial charge in [0.2, 0.25) is 0 Å². The van der Waals surface area contributed by atoms with Crippen molar-refractivity contribution in [3.8, 4) is 0 Å². The molecule has 2 aromatic rings. The Hall–Kier alpha value is -2.62. The van der Waals surface area contributed by atoms with Crippen molar-refractivity contribution in [2.75, 3.05) is 0 Å². The summed E-state index contributed by atoms with van der Waals surface area (Å²) in [6.07, 6.45) is 11.1. The van der Waals surface area contributed by atoms with Crippen molar-refractivity contribution in [1.29, 1.82) is 0 Å². The van der Waals surface area contributed by atoms with Crippen LogP contribution >= 0.6 is 0 Å². The lowest BCUT2D eigenvalue weighted by atomic mass is 9.70. The fraction of sp³-hybridized carbons (Fsp3) is 0.452. The Morgan fingerprint density at radius 1 is 1.11 bits per heavy atom. The van der Waals surface area contributed by atoms with Crippen LogP contribution in [-0.2, 0) is 12.6 Å². The Labute approximate surface area is 209 Å². The summed E-state index contributed by atoms with van der Waals surface area (Å²) in [5.74, 6) is 1.50. The van der Waals surface area contributed by atoms with Crippen LogP contribution in [0.4, 0.5) is 13.2 Å². The van der Waals surface area contributed by atoms with Gasteiger partial charge in [-0.15, -0.1) is 0 Å². The number of hydrogen-bond acceptors (Lipinski definition) is 1. The molecule has 35 heavy (non-hydrogen) atoms. The molecule has 0 saturated carbocycles. The maximum absolute atomic E-state index is 12.7. The van der Waals surface area contributed by atoms with Crippen molar-refractivity contribution in [3.63, 3.8) is 0 Å². The van der Waals surface area contributed by atoms with Crippen molar-refractivity contribution in [2.24, 2.45) is 11.8 Å². The van der Waals surface area contributed by atoms with Gasteiger partial charge in [0, 0.05) is 12.1 Å². The standard InChI is InChI=1S/C18H18F3N.C8H10.C5H12/c1-2-3-6-12-7-4-5-8-15(12)16-10-13-9-14(18(19,20)21)11-22-17(13)16;1-7-5-3-4-6-8(7)2;1-4-5(2)3/h2-5,8-9,11-12,16H,6-7,10H2,1H3;3-6H,1-2H3;5H,4H2,1-3H3. The van der Waals surface area contributed by atoms with Gasteiger partial charge in [-0.2, -0.15) is 13.2 Å². The average molecular weight is 484 g/mol. The lowest BCUT2D eigenvalue weighted by Gasteiger charge is -2.35. The van der Waals surface area contributed by atoms with E-state index in [1.807, 2.05) is 19.1 Å². The number of halogens is 3. The summed E-state index contributed by atoms with van der Waals surface area (Å²) in [4.78, 5) is 4.10. The number of fused-ring (bicyclic) bond motifs is 1. The number of rotatable bonds is 4. The molecule has 0 bridgehead atoms. The highest BCUT2D eigenvalue weighted by atomic mass is 19.4. The van der Waals surface area contributed by atoms with Crippen molar-refractivity contribution in [1.82, 2.24) is 4.98 Å². The van der Waals surface area contributed by atoms with Gasteiger partial charge in [-0.05, 0) is 74.6 Å². The van der Waals surface area contributed by atoms with Gasteiger partial charge in [-0.1, -0.05) is 87.4 Å². The number of aromatic nitrogens is 1. The van der Waals surface area contributed by atoms with E-state index >= 15 is 0 Å². The zero-order valence-electron chi connectivity index (χ0n) is 22.0. The number of alkyl halides is 3. The average Bonchev–Trinajstić information content (AvgIpc) is 2.81. The molecule has 1 aromatic carbocycles. The molecule has 0 spiro atoms. The van der Waals surface area contributed by atoms with Gasteiger partial charge >= 0.3 is 6.18 Å². The number of pyridine rings is 1. The minimum Gasteiger partial charge on any atom is -0.260 e. The molecule has 0 saturated heterocycles. The summed E-state index contributed by atoms with van der Waals surface area (Å²) < 4.78 is 38.1. The van der Waals surface area contributed by atoms with Crippen molar-refractivity contribution < 1.29 is 13.2 Å². The highest BCUT2D eigenvalue weighted by molar-refractivity contribution is 5.46. The number of hydrogen-bond donors (Lipinski definition) is 0. The molecule has 2 aliphatic carbocycles. The molecule has 1 nitrogen and oxygen atoms in total. The van der Waals surface area contributed by atoms with E-state index in [1.165, 1.54) is 29.2 Å². The Morgan fingerprint density at radius 3 is 2.23 bits per heavy atom. The van der Waals surface area contributed by atoms with Gasteiger partial charge in [0.15, 0.2) is 0 Å². The quantitative estimate of drug-likeness (QED) is 0.395. The van der Waals surface area contributed by atoms with Crippen LogP contribution in [-0.4, -0.2) is 4.98 Å². The second kappa shape index (κ2) is 13.5. The SMILES string of the molecule is CC=CCC1CC=CC=C1C1Cc2cc(C(F)(F)F)cnc21.CCC(C)C.Cc1ccccc1C. The zero-order valence-corrected chi connectivity index (χ0v) is 22.0. The first kappa shape index (κ1) is 28.6. The minimum atomic E-state index is -4.31. The van der Waals surface area contributed by atoms with Crippen molar-refractivity contribution in [3.05, 3.63) is 100 Å². The molecule has 190 valence electrons. The summed E-state index contributed by atoms with van der Waals surface area (Å²) in [5, 5.41) is 0. The summed E-state index contributed by atoms with van der Waals surface area (Å²) in [6, 6.07) is 9.61. The van der Waals surface area contributed by atoms with Crippen LogP contribution in [0.5, 0.6) is 0 Å². The van der Waals surface area contributed by atoms with Crippen LogP contribution in [0.15, 0.2) is 72.5 Å².